The number of rotatable bonds is 5. The van der Waals surface area contributed by atoms with Gasteiger partial charge in [-0.1, -0.05) is 42.6 Å². The predicted molar refractivity (Wildman–Crippen MR) is 120 cm³/mol. The quantitative estimate of drug-likeness (QED) is 0.754. The molecule has 160 valence electrons. The Balaban J connectivity index is 1.49. The maximum atomic E-state index is 13.1. The maximum absolute atomic E-state index is 13.1. The van der Waals surface area contributed by atoms with Crippen molar-refractivity contribution in [3.05, 3.63) is 53.1 Å². The summed E-state index contributed by atoms with van der Waals surface area (Å²) in [6.45, 7) is 2.03. The highest BCUT2D eigenvalue weighted by atomic mass is 35.5. The Kier molecular flexibility index (Phi) is 6.32. The van der Waals surface area contributed by atoms with Crippen LogP contribution in [0.4, 0.5) is 11.4 Å². The van der Waals surface area contributed by atoms with E-state index >= 15 is 0 Å². The number of anilines is 2. The van der Waals surface area contributed by atoms with Crippen molar-refractivity contribution in [1.29, 1.82) is 0 Å². The van der Waals surface area contributed by atoms with Gasteiger partial charge in [0, 0.05) is 25.3 Å². The Morgan fingerprint density at radius 3 is 2.50 bits per heavy atom. The molecule has 0 spiro atoms. The zero-order valence-electron chi connectivity index (χ0n) is 16.8. The standard InChI is InChI=1S/C22H26ClN3O3S/c23-19-10-9-18(30(28,29)26-12-5-1-2-6-13-26)15-20(19)24-22(27)16-25-14-11-17-7-3-4-8-21(17)25/h3-4,7-10,15H,1-2,5-6,11-14,16H2,(H,24,27). The second kappa shape index (κ2) is 8.96. The van der Waals surface area contributed by atoms with Gasteiger partial charge in [-0.2, -0.15) is 4.31 Å². The lowest BCUT2D eigenvalue weighted by Crippen LogP contribution is -2.33. The summed E-state index contributed by atoms with van der Waals surface area (Å²) in [5, 5.41) is 3.12. The Bertz CT molecular complexity index is 1030. The minimum atomic E-state index is -3.61. The molecule has 1 fully saturated rings. The minimum Gasteiger partial charge on any atom is -0.362 e. The molecule has 30 heavy (non-hydrogen) atoms. The summed E-state index contributed by atoms with van der Waals surface area (Å²) >= 11 is 6.26. The second-order valence-electron chi connectivity index (χ2n) is 7.81. The van der Waals surface area contributed by atoms with Gasteiger partial charge in [0.15, 0.2) is 0 Å². The monoisotopic (exact) mass is 447 g/mol. The third kappa shape index (κ3) is 4.48. The minimum absolute atomic E-state index is 0.163. The second-order valence-corrected chi connectivity index (χ2v) is 10.2. The molecule has 2 aromatic carbocycles. The first-order valence-corrected chi connectivity index (χ1v) is 12.2. The Labute approximate surface area is 182 Å². The van der Waals surface area contributed by atoms with Crippen LogP contribution in [-0.2, 0) is 21.2 Å². The zero-order valence-corrected chi connectivity index (χ0v) is 18.4. The molecule has 0 atom stereocenters. The van der Waals surface area contributed by atoms with Crippen LogP contribution in [0.25, 0.3) is 0 Å². The summed E-state index contributed by atoms with van der Waals surface area (Å²) in [5.74, 6) is -0.224. The lowest BCUT2D eigenvalue weighted by atomic mass is 10.2. The van der Waals surface area contributed by atoms with E-state index in [1.807, 2.05) is 23.1 Å². The molecule has 0 bridgehead atoms. The molecule has 0 unspecified atom stereocenters. The van der Waals surface area contributed by atoms with Crippen molar-refractivity contribution >= 4 is 38.9 Å². The number of amides is 1. The number of fused-ring (bicyclic) bond motifs is 1. The lowest BCUT2D eigenvalue weighted by Gasteiger charge is -2.21. The van der Waals surface area contributed by atoms with Gasteiger partial charge in [0.25, 0.3) is 0 Å². The zero-order chi connectivity index (χ0) is 21.1. The summed E-state index contributed by atoms with van der Waals surface area (Å²) in [6.07, 6.45) is 4.75. The molecule has 6 nitrogen and oxygen atoms in total. The molecule has 2 aliphatic rings. The van der Waals surface area contributed by atoms with E-state index in [-0.39, 0.29) is 17.3 Å². The number of carbonyl (C=O) groups is 1. The Morgan fingerprint density at radius 2 is 1.73 bits per heavy atom. The van der Waals surface area contributed by atoms with Gasteiger partial charge in [-0.15, -0.1) is 0 Å². The van der Waals surface area contributed by atoms with Gasteiger partial charge in [0.1, 0.15) is 0 Å². The first kappa shape index (κ1) is 21.2. The van der Waals surface area contributed by atoms with Crippen LogP contribution in [0.3, 0.4) is 0 Å². The first-order valence-electron chi connectivity index (χ1n) is 10.4. The number of hydrogen-bond donors (Lipinski definition) is 1. The average molecular weight is 448 g/mol. The number of benzene rings is 2. The molecule has 0 radical (unpaired) electrons. The first-order chi connectivity index (χ1) is 14.4. The van der Waals surface area contributed by atoms with Crippen LogP contribution in [0.15, 0.2) is 47.4 Å². The normalized spacial score (nSPS) is 17.4. The number of para-hydroxylation sites is 1. The van der Waals surface area contributed by atoms with Crippen LogP contribution in [0, 0.1) is 0 Å². The van der Waals surface area contributed by atoms with Crippen molar-refractivity contribution < 1.29 is 13.2 Å². The highest BCUT2D eigenvalue weighted by Crippen LogP contribution is 2.29. The molecule has 2 aliphatic heterocycles. The fraction of sp³-hybridized carbons (Fsp3) is 0.409. The molecule has 1 N–H and O–H groups in total. The summed E-state index contributed by atoms with van der Waals surface area (Å²) < 4.78 is 27.7. The number of carbonyl (C=O) groups excluding carboxylic acids is 1. The van der Waals surface area contributed by atoms with Crippen molar-refractivity contribution in [2.75, 3.05) is 36.4 Å². The summed E-state index contributed by atoms with van der Waals surface area (Å²) in [6, 6.07) is 12.6. The van der Waals surface area contributed by atoms with Gasteiger partial charge in [-0.05, 0) is 49.1 Å². The average Bonchev–Trinajstić information content (AvgIpc) is 2.94. The number of hydrogen-bond acceptors (Lipinski definition) is 4. The van der Waals surface area contributed by atoms with Crippen molar-refractivity contribution in [3.63, 3.8) is 0 Å². The molecule has 4 rings (SSSR count). The van der Waals surface area contributed by atoms with E-state index in [9.17, 15) is 13.2 Å². The van der Waals surface area contributed by atoms with Crippen molar-refractivity contribution in [3.8, 4) is 0 Å². The van der Waals surface area contributed by atoms with Crippen LogP contribution >= 0.6 is 11.6 Å². The SMILES string of the molecule is O=C(CN1CCc2ccccc21)Nc1cc(S(=O)(=O)N2CCCCCC2)ccc1Cl. The molecular formula is C22H26ClN3O3S. The topological polar surface area (TPSA) is 69.7 Å². The number of sulfonamides is 1. The maximum Gasteiger partial charge on any atom is 0.243 e. The van der Waals surface area contributed by atoms with Crippen LogP contribution in [0.2, 0.25) is 5.02 Å². The summed E-state index contributed by atoms with van der Waals surface area (Å²) in [7, 11) is -3.61. The van der Waals surface area contributed by atoms with E-state index in [4.69, 9.17) is 11.6 Å². The van der Waals surface area contributed by atoms with Crippen LogP contribution in [-0.4, -0.2) is 44.8 Å². The Morgan fingerprint density at radius 1 is 1.00 bits per heavy atom. The van der Waals surface area contributed by atoms with Crippen molar-refractivity contribution in [1.82, 2.24) is 4.31 Å². The molecule has 8 heteroatoms. The fourth-order valence-corrected chi connectivity index (χ4v) is 5.83. The van der Waals surface area contributed by atoms with Gasteiger partial charge in [0.05, 0.1) is 22.2 Å². The smallest absolute Gasteiger partial charge is 0.243 e. The number of halogens is 1. The van der Waals surface area contributed by atoms with Gasteiger partial charge in [0.2, 0.25) is 15.9 Å². The highest BCUT2D eigenvalue weighted by molar-refractivity contribution is 7.89. The van der Waals surface area contributed by atoms with E-state index in [1.165, 1.54) is 28.1 Å². The third-order valence-corrected chi connectivity index (χ3v) is 7.96. The number of nitrogens with one attached hydrogen (secondary N) is 1. The number of nitrogens with zero attached hydrogens (tertiary/aromatic N) is 2. The van der Waals surface area contributed by atoms with Crippen LogP contribution in [0.1, 0.15) is 31.2 Å². The molecule has 0 aliphatic carbocycles. The van der Waals surface area contributed by atoms with Gasteiger partial charge in [-0.3, -0.25) is 4.79 Å². The molecule has 1 amide bonds. The van der Waals surface area contributed by atoms with Gasteiger partial charge < -0.3 is 10.2 Å². The summed E-state index contributed by atoms with van der Waals surface area (Å²) in [4.78, 5) is 14.9. The highest BCUT2D eigenvalue weighted by Gasteiger charge is 2.26. The van der Waals surface area contributed by atoms with E-state index in [2.05, 4.69) is 11.4 Å². The van der Waals surface area contributed by atoms with Gasteiger partial charge in [-0.25, -0.2) is 8.42 Å². The molecule has 2 heterocycles. The van der Waals surface area contributed by atoms with Crippen molar-refractivity contribution in [2.45, 2.75) is 37.0 Å². The molecule has 2 aromatic rings. The van der Waals surface area contributed by atoms with Crippen LogP contribution < -0.4 is 10.2 Å². The fourth-order valence-electron chi connectivity index (χ4n) is 4.13. The van der Waals surface area contributed by atoms with E-state index in [1.54, 1.807) is 0 Å². The van der Waals surface area contributed by atoms with Crippen molar-refractivity contribution in [2.24, 2.45) is 0 Å². The molecule has 0 saturated carbocycles. The van der Waals surface area contributed by atoms with Crippen LogP contribution in [0.5, 0.6) is 0 Å². The molecular weight excluding hydrogens is 422 g/mol. The lowest BCUT2D eigenvalue weighted by molar-refractivity contribution is -0.115. The third-order valence-electron chi connectivity index (χ3n) is 5.73. The van der Waals surface area contributed by atoms with E-state index in [0.29, 0.717) is 23.8 Å². The van der Waals surface area contributed by atoms with E-state index < -0.39 is 10.0 Å². The van der Waals surface area contributed by atoms with E-state index in [0.717, 1.165) is 44.3 Å². The Hall–Kier alpha value is -2.09. The van der Waals surface area contributed by atoms with Gasteiger partial charge >= 0.3 is 0 Å². The predicted octanol–water partition coefficient (Wildman–Crippen LogP) is 3.91. The molecule has 0 aromatic heterocycles. The molecule has 1 saturated heterocycles. The largest absolute Gasteiger partial charge is 0.362 e. The summed E-state index contributed by atoms with van der Waals surface area (Å²) in [5.41, 5.74) is 2.62.